The van der Waals surface area contributed by atoms with Crippen LogP contribution in [0, 0.1) is 5.82 Å². The molecule has 0 aromatic heterocycles. The summed E-state index contributed by atoms with van der Waals surface area (Å²) in [5.74, 6) is 1.09. The van der Waals surface area contributed by atoms with Crippen molar-refractivity contribution in [1.82, 2.24) is 0 Å². The Hall–Kier alpha value is -3.80. The number of fused-ring (bicyclic) bond motifs is 1. The molecule has 5 rings (SSSR count). The number of Topliss-reactive ketones (excluding diaryl/α,β-unsaturated/α-hetero) is 1. The fraction of sp³-hybridized carbons (Fsp3) is 0.222. The van der Waals surface area contributed by atoms with Crippen molar-refractivity contribution in [2.75, 3.05) is 24.9 Å². The van der Waals surface area contributed by atoms with E-state index in [-0.39, 0.29) is 17.5 Å². The molecule has 0 radical (unpaired) electrons. The standard InChI is InChI=1S/C27H25FN2O3/c1-32-19-11-12-20(25(15-19)33-2)27-26-23(29-21-5-3-4-6-22(21)30-27)13-17(14-24(26)31)16-7-9-18(28)10-8-16/h3-12,15,17,27,29-30H,13-14H2,1-2H3/t17-,27-/m1/s1. The third kappa shape index (κ3) is 3.93. The van der Waals surface area contributed by atoms with Crippen LogP contribution in [0.4, 0.5) is 15.8 Å². The molecule has 1 heterocycles. The maximum absolute atomic E-state index is 13.6. The van der Waals surface area contributed by atoms with Crippen LogP contribution in [0.15, 0.2) is 78.0 Å². The fourth-order valence-electron chi connectivity index (χ4n) is 4.75. The third-order valence-corrected chi connectivity index (χ3v) is 6.40. The molecule has 33 heavy (non-hydrogen) atoms. The lowest BCUT2D eigenvalue weighted by Gasteiger charge is -2.30. The molecule has 0 unspecified atom stereocenters. The molecule has 0 bridgehead atoms. The van der Waals surface area contributed by atoms with E-state index in [9.17, 15) is 9.18 Å². The number of nitrogens with one attached hydrogen (secondary N) is 2. The Morgan fingerprint density at radius 3 is 2.39 bits per heavy atom. The van der Waals surface area contributed by atoms with Crippen LogP contribution >= 0.6 is 0 Å². The van der Waals surface area contributed by atoms with Crippen molar-refractivity contribution in [1.29, 1.82) is 0 Å². The van der Waals surface area contributed by atoms with Gasteiger partial charge in [0, 0.05) is 29.3 Å². The summed E-state index contributed by atoms with van der Waals surface area (Å²) in [4.78, 5) is 13.6. The molecule has 0 spiro atoms. The molecular formula is C27H25FN2O3. The van der Waals surface area contributed by atoms with Crippen molar-refractivity contribution >= 4 is 17.2 Å². The highest BCUT2D eigenvalue weighted by molar-refractivity contribution is 6.01. The number of hydrogen-bond donors (Lipinski definition) is 2. The topological polar surface area (TPSA) is 59.6 Å². The zero-order chi connectivity index (χ0) is 22.9. The van der Waals surface area contributed by atoms with Gasteiger partial charge in [0.15, 0.2) is 5.78 Å². The summed E-state index contributed by atoms with van der Waals surface area (Å²) in [5.41, 5.74) is 5.21. The molecule has 2 atom stereocenters. The molecule has 3 aromatic carbocycles. The van der Waals surface area contributed by atoms with E-state index in [2.05, 4.69) is 10.6 Å². The maximum atomic E-state index is 13.6. The zero-order valence-corrected chi connectivity index (χ0v) is 18.5. The molecule has 1 aliphatic heterocycles. The summed E-state index contributed by atoms with van der Waals surface area (Å²) < 4.78 is 24.5. The third-order valence-electron chi connectivity index (χ3n) is 6.40. The largest absolute Gasteiger partial charge is 0.497 e. The van der Waals surface area contributed by atoms with E-state index < -0.39 is 6.04 Å². The lowest BCUT2D eigenvalue weighted by molar-refractivity contribution is -0.116. The van der Waals surface area contributed by atoms with Gasteiger partial charge in [-0.3, -0.25) is 4.79 Å². The Morgan fingerprint density at radius 2 is 1.67 bits per heavy atom. The number of anilines is 2. The van der Waals surface area contributed by atoms with E-state index in [1.165, 1.54) is 12.1 Å². The van der Waals surface area contributed by atoms with Gasteiger partial charge in [-0.2, -0.15) is 0 Å². The molecule has 0 amide bonds. The predicted octanol–water partition coefficient (Wildman–Crippen LogP) is 5.82. The minimum Gasteiger partial charge on any atom is -0.497 e. The molecular weight excluding hydrogens is 419 g/mol. The number of carbonyl (C=O) groups excluding carboxylic acids is 1. The first-order valence-electron chi connectivity index (χ1n) is 10.9. The van der Waals surface area contributed by atoms with Gasteiger partial charge in [0.05, 0.1) is 31.6 Å². The van der Waals surface area contributed by atoms with Gasteiger partial charge < -0.3 is 20.1 Å². The summed E-state index contributed by atoms with van der Waals surface area (Å²) in [6.07, 6.45) is 1.01. The first-order chi connectivity index (χ1) is 16.1. The molecule has 6 heteroatoms. The summed E-state index contributed by atoms with van der Waals surface area (Å²) in [6, 6.07) is 19.6. The van der Waals surface area contributed by atoms with Gasteiger partial charge in [-0.25, -0.2) is 4.39 Å². The van der Waals surface area contributed by atoms with Crippen LogP contribution in [-0.4, -0.2) is 20.0 Å². The molecule has 1 aliphatic carbocycles. The lowest BCUT2D eigenvalue weighted by Crippen LogP contribution is -2.27. The molecule has 0 saturated carbocycles. The van der Waals surface area contributed by atoms with Gasteiger partial charge in [-0.05, 0) is 54.3 Å². The highest BCUT2D eigenvalue weighted by Crippen LogP contribution is 2.46. The summed E-state index contributed by atoms with van der Waals surface area (Å²) in [5, 5.41) is 7.09. The van der Waals surface area contributed by atoms with Crippen molar-refractivity contribution in [3.63, 3.8) is 0 Å². The molecule has 2 aliphatic rings. The second-order valence-electron chi connectivity index (χ2n) is 8.33. The number of allylic oxidation sites excluding steroid dienone is 1. The van der Waals surface area contributed by atoms with Crippen LogP contribution in [0.1, 0.15) is 35.9 Å². The normalized spacial score (nSPS) is 19.5. The number of benzene rings is 3. The second-order valence-corrected chi connectivity index (χ2v) is 8.33. The number of para-hydroxylation sites is 2. The van der Waals surface area contributed by atoms with Crippen molar-refractivity contribution in [3.05, 3.63) is 94.9 Å². The number of rotatable bonds is 4. The number of ketones is 1. The van der Waals surface area contributed by atoms with Crippen LogP contribution in [0.5, 0.6) is 11.5 Å². The van der Waals surface area contributed by atoms with Crippen molar-refractivity contribution in [3.8, 4) is 11.5 Å². The molecule has 5 nitrogen and oxygen atoms in total. The Bertz CT molecular complexity index is 1240. The minimum atomic E-state index is -0.390. The fourth-order valence-corrected chi connectivity index (χ4v) is 4.75. The maximum Gasteiger partial charge on any atom is 0.163 e. The van der Waals surface area contributed by atoms with Gasteiger partial charge in [0.2, 0.25) is 0 Å². The van der Waals surface area contributed by atoms with Gasteiger partial charge in [0.25, 0.3) is 0 Å². The van der Waals surface area contributed by atoms with Crippen LogP contribution in [0.25, 0.3) is 0 Å². The molecule has 0 saturated heterocycles. The van der Waals surface area contributed by atoms with E-state index in [0.29, 0.717) is 29.9 Å². The van der Waals surface area contributed by atoms with Gasteiger partial charge in [-0.15, -0.1) is 0 Å². The number of ether oxygens (including phenoxy) is 2. The van der Waals surface area contributed by atoms with Crippen LogP contribution in [0.2, 0.25) is 0 Å². The van der Waals surface area contributed by atoms with E-state index in [1.54, 1.807) is 26.4 Å². The van der Waals surface area contributed by atoms with Gasteiger partial charge >= 0.3 is 0 Å². The predicted molar refractivity (Wildman–Crippen MR) is 126 cm³/mol. The second kappa shape index (κ2) is 8.62. The Balaban J connectivity index is 1.62. The monoisotopic (exact) mass is 444 g/mol. The van der Waals surface area contributed by atoms with E-state index in [1.807, 2.05) is 42.5 Å². The summed E-state index contributed by atoms with van der Waals surface area (Å²) in [6.45, 7) is 0. The average Bonchev–Trinajstić information content (AvgIpc) is 3.00. The number of methoxy groups -OCH3 is 2. The lowest BCUT2D eigenvalue weighted by atomic mass is 9.78. The molecule has 2 N–H and O–H groups in total. The Morgan fingerprint density at radius 1 is 0.909 bits per heavy atom. The van der Waals surface area contributed by atoms with Gasteiger partial charge in [0.1, 0.15) is 17.3 Å². The first kappa shape index (κ1) is 21.1. The van der Waals surface area contributed by atoms with E-state index in [0.717, 1.165) is 28.2 Å². The number of hydrogen-bond acceptors (Lipinski definition) is 5. The van der Waals surface area contributed by atoms with Crippen LogP contribution in [0.3, 0.4) is 0 Å². The highest BCUT2D eigenvalue weighted by Gasteiger charge is 2.37. The Labute approximate surface area is 192 Å². The quantitative estimate of drug-likeness (QED) is 0.531. The number of carbonyl (C=O) groups is 1. The van der Waals surface area contributed by atoms with E-state index in [4.69, 9.17) is 9.47 Å². The molecule has 3 aromatic rings. The zero-order valence-electron chi connectivity index (χ0n) is 18.5. The Kier molecular flexibility index (Phi) is 5.50. The van der Waals surface area contributed by atoms with Crippen molar-refractivity contribution in [2.45, 2.75) is 24.8 Å². The average molecular weight is 445 g/mol. The number of halogens is 1. The summed E-state index contributed by atoms with van der Waals surface area (Å²) >= 11 is 0. The van der Waals surface area contributed by atoms with Crippen molar-refractivity contribution in [2.24, 2.45) is 0 Å². The SMILES string of the molecule is COc1ccc([C@H]2Nc3ccccc3NC3=C2C(=O)C[C@H](c2ccc(F)cc2)C3)c(OC)c1. The minimum absolute atomic E-state index is 0.0203. The van der Waals surface area contributed by atoms with Crippen molar-refractivity contribution < 1.29 is 18.7 Å². The van der Waals surface area contributed by atoms with E-state index >= 15 is 0 Å². The van der Waals surface area contributed by atoms with Gasteiger partial charge in [-0.1, -0.05) is 24.3 Å². The van der Waals surface area contributed by atoms with Crippen LogP contribution in [-0.2, 0) is 4.79 Å². The molecule has 0 fully saturated rings. The molecule has 168 valence electrons. The van der Waals surface area contributed by atoms with Crippen LogP contribution < -0.4 is 20.1 Å². The first-order valence-corrected chi connectivity index (χ1v) is 10.9. The smallest absolute Gasteiger partial charge is 0.163 e. The summed E-state index contributed by atoms with van der Waals surface area (Å²) in [7, 11) is 3.23. The highest BCUT2D eigenvalue weighted by atomic mass is 19.1.